The van der Waals surface area contributed by atoms with Gasteiger partial charge in [0.1, 0.15) is 6.61 Å². The summed E-state index contributed by atoms with van der Waals surface area (Å²) in [6, 6.07) is 0. The van der Waals surface area contributed by atoms with E-state index in [0.29, 0.717) is 12.5 Å². The summed E-state index contributed by atoms with van der Waals surface area (Å²) in [7, 11) is 0. The summed E-state index contributed by atoms with van der Waals surface area (Å²) in [6.45, 7) is 4.21. The molecule has 1 saturated carbocycles. The highest BCUT2D eigenvalue weighted by Gasteiger charge is 2.58. The fourth-order valence-corrected chi connectivity index (χ4v) is 2.58. The van der Waals surface area contributed by atoms with Crippen molar-refractivity contribution in [3.63, 3.8) is 0 Å². The van der Waals surface area contributed by atoms with Gasteiger partial charge in [0.15, 0.2) is 0 Å². The van der Waals surface area contributed by atoms with Crippen LogP contribution in [0.3, 0.4) is 0 Å². The lowest BCUT2D eigenvalue weighted by Gasteiger charge is -2.25. The Labute approximate surface area is 112 Å². The Kier molecular flexibility index (Phi) is 4.40. The monoisotopic (exact) mass is 276 g/mol. The molecule has 1 saturated heterocycles. The Balaban J connectivity index is 1.85. The minimum atomic E-state index is -2.45. The molecule has 0 aromatic rings. The molecule has 2 fully saturated rings. The summed E-state index contributed by atoms with van der Waals surface area (Å²) in [5.74, 6) is 0.586. The zero-order chi connectivity index (χ0) is 14.0. The van der Waals surface area contributed by atoms with E-state index in [4.69, 9.17) is 4.74 Å². The van der Waals surface area contributed by atoms with E-state index >= 15 is 0 Å². The summed E-state index contributed by atoms with van der Waals surface area (Å²) in [4.78, 5) is 14.0. The van der Waals surface area contributed by atoms with Gasteiger partial charge in [-0.2, -0.15) is 0 Å². The molecule has 0 aromatic carbocycles. The number of nitrogens with one attached hydrogen (secondary N) is 1. The van der Waals surface area contributed by atoms with Crippen LogP contribution >= 0.6 is 0 Å². The largest absolute Gasteiger partial charge is 0.374 e. The van der Waals surface area contributed by atoms with Crippen LogP contribution in [0.4, 0.5) is 8.78 Å². The molecular formula is C13H22F2N2O2. The van der Waals surface area contributed by atoms with Crippen LogP contribution < -0.4 is 5.32 Å². The minimum Gasteiger partial charge on any atom is -0.374 e. The number of nitrogens with zero attached hydrogens (tertiary/aromatic N) is 1. The second-order valence-electron chi connectivity index (χ2n) is 5.84. The fraction of sp³-hybridized carbons (Fsp3) is 0.923. The van der Waals surface area contributed by atoms with Crippen LogP contribution in [0.25, 0.3) is 0 Å². The first-order valence-corrected chi connectivity index (χ1v) is 6.89. The van der Waals surface area contributed by atoms with Crippen molar-refractivity contribution in [2.24, 2.45) is 5.92 Å². The molecule has 1 amide bonds. The molecule has 1 spiro atoms. The van der Waals surface area contributed by atoms with E-state index in [2.05, 4.69) is 19.2 Å². The predicted molar refractivity (Wildman–Crippen MR) is 66.9 cm³/mol. The number of alkyl halides is 2. The molecule has 110 valence electrons. The Morgan fingerprint density at radius 3 is 2.68 bits per heavy atom. The van der Waals surface area contributed by atoms with Gasteiger partial charge in [0.25, 0.3) is 6.43 Å². The number of halogens is 2. The molecule has 1 heterocycles. The van der Waals surface area contributed by atoms with Crippen LogP contribution in [0.15, 0.2) is 0 Å². The molecule has 6 heteroatoms. The number of hydrogen-bond acceptors (Lipinski definition) is 3. The third-order valence-corrected chi connectivity index (χ3v) is 3.65. The molecule has 19 heavy (non-hydrogen) atoms. The maximum atomic E-state index is 12.3. The molecule has 0 bridgehead atoms. The second-order valence-corrected chi connectivity index (χ2v) is 5.84. The SMILES string of the molecule is CC(C)CC1NC2(CC2)C(=O)N1CCOCC(F)F. The van der Waals surface area contributed by atoms with Crippen LogP contribution in [0.1, 0.15) is 33.1 Å². The van der Waals surface area contributed by atoms with E-state index in [1.54, 1.807) is 4.90 Å². The highest BCUT2D eigenvalue weighted by atomic mass is 19.3. The molecule has 0 aromatic heterocycles. The Bertz CT molecular complexity index is 333. The number of rotatable bonds is 7. The first-order chi connectivity index (χ1) is 8.94. The van der Waals surface area contributed by atoms with Crippen LogP contribution in [-0.2, 0) is 9.53 Å². The molecule has 1 aliphatic carbocycles. The number of hydrogen-bond donors (Lipinski definition) is 1. The van der Waals surface area contributed by atoms with Gasteiger partial charge < -0.3 is 9.64 Å². The van der Waals surface area contributed by atoms with E-state index in [-0.39, 0.29) is 24.2 Å². The lowest BCUT2D eigenvalue weighted by Crippen LogP contribution is -2.40. The van der Waals surface area contributed by atoms with E-state index in [9.17, 15) is 13.6 Å². The molecule has 1 unspecified atom stereocenters. The van der Waals surface area contributed by atoms with Crippen molar-refractivity contribution in [1.82, 2.24) is 10.2 Å². The standard InChI is InChI=1S/C13H22F2N2O2/c1-9(2)7-11-16-13(3-4-13)12(18)17(11)5-6-19-8-10(14)15/h9-11,16H,3-8H2,1-2H3. The van der Waals surface area contributed by atoms with Gasteiger partial charge in [0.2, 0.25) is 5.91 Å². The van der Waals surface area contributed by atoms with Crippen molar-refractivity contribution in [1.29, 1.82) is 0 Å². The van der Waals surface area contributed by atoms with Crippen molar-refractivity contribution in [3.8, 4) is 0 Å². The highest BCUT2D eigenvalue weighted by Crippen LogP contribution is 2.42. The fourth-order valence-electron chi connectivity index (χ4n) is 2.58. The van der Waals surface area contributed by atoms with Crippen LogP contribution in [0.5, 0.6) is 0 Å². The van der Waals surface area contributed by atoms with Crippen molar-refractivity contribution in [2.45, 2.75) is 51.2 Å². The lowest BCUT2D eigenvalue weighted by atomic mass is 10.1. The Hall–Kier alpha value is -0.750. The summed E-state index contributed by atoms with van der Waals surface area (Å²) < 4.78 is 28.8. The van der Waals surface area contributed by atoms with Gasteiger partial charge in [-0.1, -0.05) is 13.8 Å². The van der Waals surface area contributed by atoms with E-state index in [1.807, 2.05) is 0 Å². The van der Waals surface area contributed by atoms with Gasteiger partial charge in [0.05, 0.1) is 18.3 Å². The normalized spacial score (nSPS) is 25.1. The molecule has 1 N–H and O–H groups in total. The quantitative estimate of drug-likeness (QED) is 0.718. The average Bonchev–Trinajstić information content (AvgIpc) is 3.02. The topological polar surface area (TPSA) is 41.6 Å². The second kappa shape index (κ2) is 5.71. The average molecular weight is 276 g/mol. The van der Waals surface area contributed by atoms with Crippen LogP contribution in [0.2, 0.25) is 0 Å². The predicted octanol–water partition coefficient (Wildman–Crippen LogP) is 1.60. The van der Waals surface area contributed by atoms with Gasteiger partial charge in [-0.25, -0.2) is 8.78 Å². The molecule has 1 atom stereocenters. The van der Waals surface area contributed by atoms with Gasteiger partial charge in [0, 0.05) is 6.54 Å². The van der Waals surface area contributed by atoms with Crippen molar-refractivity contribution in [2.75, 3.05) is 19.8 Å². The molecule has 2 aliphatic rings. The number of carbonyl (C=O) groups is 1. The minimum absolute atomic E-state index is 0.0187. The van der Waals surface area contributed by atoms with E-state index < -0.39 is 13.0 Å². The van der Waals surface area contributed by atoms with Gasteiger partial charge in [-0.05, 0) is 25.2 Å². The van der Waals surface area contributed by atoms with Crippen molar-refractivity contribution >= 4 is 5.91 Å². The first-order valence-electron chi connectivity index (χ1n) is 6.89. The van der Waals surface area contributed by atoms with Crippen LogP contribution in [-0.4, -0.2) is 48.7 Å². The Morgan fingerprint density at radius 1 is 1.47 bits per heavy atom. The molecule has 1 aliphatic heterocycles. The summed E-state index contributed by atoms with van der Waals surface area (Å²) >= 11 is 0. The van der Waals surface area contributed by atoms with Crippen molar-refractivity contribution < 1.29 is 18.3 Å². The Morgan fingerprint density at radius 2 is 2.16 bits per heavy atom. The molecule has 0 radical (unpaired) electrons. The summed E-state index contributed by atoms with van der Waals surface area (Å²) in [6.07, 6.45) is 0.213. The van der Waals surface area contributed by atoms with Gasteiger partial charge in [-0.3, -0.25) is 10.1 Å². The zero-order valence-electron chi connectivity index (χ0n) is 11.5. The summed E-state index contributed by atoms with van der Waals surface area (Å²) in [5, 5.41) is 3.39. The van der Waals surface area contributed by atoms with E-state index in [1.165, 1.54) is 0 Å². The number of ether oxygens (including phenoxy) is 1. The zero-order valence-corrected chi connectivity index (χ0v) is 11.5. The maximum absolute atomic E-state index is 12.3. The number of amides is 1. The summed E-state index contributed by atoms with van der Waals surface area (Å²) in [5.41, 5.74) is -0.345. The maximum Gasteiger partial charge on any atom is 0.261 e. The molecule has 4 nitrogen and oxygen atoms in total. The van der Waals surface area contributed by atoms with E-state index in [0.717, 1.165) is 19.3 Å². The smallest absolute Gasteiger partial charge is 0.261 e. The third kappa shape index (κ3) is 3.42. The van der Waals surface area contributed by atoms with Crippen molar-refractivity contribution in [3.05, 3.63) is 0 Å². The van der Waals surface area contributed by atoms with Gasteiger partial charge in [-0.15, -0.1) is 0 Å². The van der Waals surface area contributed by atoms with Gasteiger partial charge >= 0.3 is 0 Å². The lowest BCUT2D eigenvalue weighted by molar-refractivity contribution is -0.131. The first kappa shape index (κ1) is 14.7. The highest BCUT2D eigenvalue weighted by molar-refractivity contribution is 5.91. The molecule has 2 rings (SSSR count). The molecular weight excluding hydrogens is 254 g/mol. The number of carbonyl (C=O) groups excluding carboxylic acids is 1. The third-order valence-electron chi connectivity index (χ3n) is 3.65. The van der Waals surface area contributed by atoms with Crippen LogP contribution in [0, 0.1) is 5.92 Å².